The van der Waals surface area contributed by atoms with Crippen LogP contribution in [0.15, 0.2) is 29.3 Å². The normalized spacial score (nSPS) is 11.5. The molecule has 2 amide bonds. The lowest BCUT2D eigenvalue weighted by Crippen LogP contribution is -2.42. The molecule has 0 aromatic heterocycles. The number of nitrogens with zero attached hydrogens (tertiary/aromatic N) is 1. The molecule has 8 heteroatoms. The summed E-state index contributed by atoms with van der Waals surface area (Å²) in [5, 5.41) is 11.8. The predicted octanol–water partition coefficient (Wildman–Crippen LogP) is 2.02. The van der Waals surface area contributed by atoms with Crippen molar-refractivity contribution in [3.05, 3.63) is 35.4 Å². The van der Waals surface area contributed by atoms with Crippen LogP contribution in [0.2, 0.25) is 0 Å². The summed E-state index contributed by atoms with van der Waals surface area (Å²) in [4.78, 5) is 27.8. The van der Waals surface area contributed by atoms with Crippen LogP contribution in [0.3, 0.4) is 0 Å². The molecule has 0 bridgehead atoms. The van der Waals surface area contributed by atoms with Gasteiger partial charge in [-0.3, -0.25) is 9.79 Å². The summed E-state index contributed by atoms with van der Waals surface area (Å²) in [7, 11) is 1.67. The number of carbonyl (C=O) groups excluding carboxylic acids is 2. The first-order chi connectivity index (χ1) is 13.2. The summed E-state index contributed by atoms with van der Waals surface area (Å²) in [6, 6.07) is 7.46. The highest BCUT2D eigenvalue weighted by atomic mass is 16.6. The number of guanidine groups is 1. The fourth-order valence-corrected chi connectivity index (χ4v) is 2.23. The molecule has 0 fully saturated rings. The molecule has 0 radical (unpaired) electrons. The van der Waals surface area contributed by atoms with Gasteiger partial charge in [-0.2, -0.15) is 0 Å². The third-order valence-corrected chi connectivity index (χ3v) is 3.49. The zero-order valence-electron chi connectivity index (χ0n) is 17.5. The van der Waals surface area contributed by atoms with Gasteiger partial charge in [-0.15, -0.1) is 0 Å². The number of benzene rings is 1. The Morgan fingerprint density at radius 3 is 2.39 bits per heavy atom. The van der Waals surface area contributed by atoms with Gasteiger partial charge in [-0.1, -0.05) is 19.1 Å². The summed E-state index contributed by atoms with van der Waals surface area (Å²) in [5.74, 6) is 0.534. The van der Waals surface area contributed by atoms with E-state index < -0.39 is 11.7 Å². The third kappa shape index (κ3) is 9.80. The molecule has 28 heavy (non-hydrogen) atoms. The molecule has 156 valence electrons. The van der Waals surface area contributed by atoms with Crippen LogP contribution in [-0.4, -0.2) is 50.2 Å². The highest BCUT2D eigenvalue weighted by Crippen LogP contribution is 2.06. The second-order valence-electron chi connectivity index (χ2n) is 7.24. The molecule has 0 aliphatic heterocycles. The molecule has 4 N–H and O–H groups in total. The fraction of sp³-hybridized carbons (Fsp3) is 0.550. The Balaban J connectivity index is 2.40. The van der Waals surface area contributed by atoms with Crippen molar-refractivity contribution in [2.24, 2.45) is 4.99 Å². The first-order valence-corrected chi connectivity index (χ1v) is 9.53. The standard InChI is InChI=1S/C20H33N5O3/c1-6-10-22-17(26)16-9-7-8-15(13-16)14-25-18(21-5)23-11-12-24-19(27)28-20(2,3)4/h7-9,13H,6,10-12,14H2,1-5H3,(H,22,26)(H,24,27)(H2,21,23,25). The lowest BCUT2D eigenvalue weighted by molar-refractivity contribution is 0.0528. The number of rotatable bonds is 8. The molecule has 0 aliphatic rings. The van der Waals surface area contributed by atoms with Crippen molar-refractivity contribution >= 4 is 18.0 Å². The Kier molecular flexibility index (Phi) is 9.84. The van der Waals surface area contributed by atoms with Gasteiger partial charge in [0.15, 0.2) is 5.96 Å². The maximum Gasteiger partial charge on any atom is 0.407 e. The topological polar surface area (TPSA) is 104 Å². The highest BCUT2D eigenvalue weighted by Gasteiger charge is 2.15. The van der Waals surface area contributed by atoms with E-state index in [1.54, 1.807) is 13.1 Å². The molecule has 8 nitrogen and oxygen atoms in total. The predicted molar refractivity (Wildman–Crippen MR) is 112 cm³/mol. The molecule has 1 rings (SSSR count). The number of nitrogens with one attached hydrogen (secondary N) is 4. The van der Waals surface area contributed by atoms with E-state index in [2.05, 4.69) is 26.3 Å². The van der Waals surface area contributed by atoms with Gasteiger partial charge in [-0.05, 0) is 44.9 Å². The molecule has 1 aromatic carbocycles. The second-order valence-corrected chi connectivity index (χ2v) is 7.24. The van der Waals surface area contributed by atoms with E-state index in [9.17, 15) is 9.59 Å². The van der Waals surface area contributed by atoms with Crippen LogP contribution in [0.1, 0.15) is 50.0 Å². The summed E-state index contributed by atoms with van der Waals surface area (Å²) in [6.45, 7) is 9.56. The van der Waals surface area contributed by atoms with Crippen LogP contribution in [0.5, 0.6) is 0 Å². The number of carbonyl (C=O) groups is 2. The van der Waals surface area contributed by atoms with Gasteiger partial charge in [0.2, 0.25) is 0 Å². The van der Waals surface area contributed by atoms with E-state index in [0.717, 1.165) is 12.0 Å². The molecule has 0 atom stereocenters. The highest BCUT2D eigenvalue weighted by molar-refractivity contribution is 5.94. The van der Waals surface area contributed by atoms with E-state index >= 15 is 0 Å². The zero-order valence-corrected chi connectivity index (χ0v) is 17.5. The molecule has 0 saturated heterocycles. The van der Waals surface area contributed by atoms with Crippen molar-refractivity contribution in [3.8, 4) is 0 Å². The summed E-state index contributed by atoms with van der Waals surface area (Å²) >= 11 is 0. The molecule has 0 aliphatic carbocycles. The molecule has 0 unspecified atom stereocenters. The molecule has 1 aromatic rings. The van der Waals surface area contributed by atoms with Gasteiger partial charge >= 0.3 is 6.09 Å². The minimum absolute atomic E-state index is 0.0700. The number of aliphatic imine (C=N–C) groups is 1. The van der Waals surface area contributed by atoms with Crippen LogP contribution in [-0.2, 0) is 11.3 Å². The number of hydrogen-bond donors (Lipinski definition) is 4. The van der Waals surface area contributed by atoms with Gasteiger partial charge in [0.05, 0.1) is 0 Å². The Hall–Kier alpha value is -2.77. The Labute approximate surface area is 167 Å². The maximum absolute atomic E-state index is 12.1. The number of amides is 2. The zero-order chi connectivity index (χ0) is 21.0. The average Bonchev–Trinajstić information content (AvgIpc) is 2.64. The lowest BCUT2D eigenvalue weighted by Gasteiger charge is -2.20. The average molecular weight is 392 g/mol. The van der Waals surface area contributed by atoms with Gasteiger partial charge < -0.3 is 26.0 Å². The van der Waals surface area contributed by atoms with Gasteiger partial charge in [0.25, 0.3) is 5.91 Å². The van der Waals surface area contributed by atoms with Crippen LogP contribution in [0, 0.1) is 0 Å². The number of hydrogen-bond acceptors (Lipinski definition) is 4. The summed E-state index contributed by atoms with van der Waals surface area (Å²) < 4.78 is 5.18. The first kappa shape index (κ1) is 23.3. The maximum atomic E-state index is 12.1. The third-order valence-electron chi connectivity index (χ3n) is 3.49. The van der Waals surface area contributed by atoms with Crippen LogP contribution >= 0.6 is 0 Å². The largest absolute Gasteiger partial charge is 0.444 e. The van der Waals surface area contributed by atoms with Gasteiger partial charge in [0, 0.05) is 38.8 Å². The molecular formula is C20H33N5O3. The molecular weight excluding hydrogens is 358 g/mol. The van der Waals surface area contributed by atoms with Crippen LogP contribution in [0.4, 0.5) is 4.79 Å². The second kappa shape index (κ2) is 11.8. The minimum atomic E-state index is -0.517. The van der Waals surface area contributed by atoms with E-state index in [1.807, 2.05) is 45.9 Å². The van der Waals surface area contributed by atoms with E-state index in [-0.39, 0.29) is 5.91 Å². The summed E-state index contributed by atoms with van der Waals surface area (Å²) in [5.41, 5.74) is 1.09. The lowest BCUT2D eigenvalue weighted by atomic mass is 10.1. The van der Waals surface area contributed by atoms with Crippen molar-refractivity contribution in [1.29, 1.82) is 0 Å². The first-order valence-electron chi connectivity index (χ1n) is 9.53. The van der Waals surface area contributed by atoms with Crippen molar-refractivity contribution in [2.45, 2.75) is 46.3 Å². The smallest absolute Gasteiger partial charge is 0.407 e. The van der Waals surface area contributed by atoms with Crippen LogP contribution < -0.4 is 21.3 Å². The number of ether oxygens (including phenoxy) is 1. The van der Waals surface area contributed by atoms with Gasteiger partial charge in [-0.25, -0.2) is 4.79 Å². The van der Waals surface area contributed by atoms with Crippen molar-refractivity contribution in [1.82, 2.24) is 21.3 Å². The van der Waals surface area contributed by atoms with Crippen molar-refractivity contribution in [3.63, 3.8) is 0 Å². The minimum Gasteiger partial charge on any atom is -0.444 e. The van der Waals surface area contributed by atoms with E-state index in [1.165, 1.54) is 0 Å². The van der Waals surface area contributed by atoms with Crippen molar-refractivity contribution in [2.75, 3.05) is 26.7 Å². The quantitative estimate of drug-likeness (QED) is 0.308. The summed E-state index contributed by atoms with van der Waals surface area (Å²) in [6.07, 6.45) is 0.452. The molecule has 0 heterocycles. The monoisotopic (exact) mass is 391 g/mol. The SMILES string of the molecule is CCCNC(=O)c1cccc(CNC(=NC)NCCNC(=O)OC(C)(C)C)c1. The van der Waals surface area contributed by atoms with Crippen molar-refractivity contribution < 1.29 is 14.3 Å². The van der Waals surface area contributed by atoms with Crippen LogP contribution in [0.25, 0.3) is 0 Å². The fourth-order valence-electron chi connectivity index (χ4n) is 2.23. The molecule has 0 saturated carbocycles. The Morgan fingerprint density at radius 2 is 1.75 bits per heavy atom. The van der Waals surface area contributed by atoms with E-state index in [0.29, 0.717) is 37.7 Å². The molecule has 0 spiro atoms. The Morgan fingerprint density at radius 1 is 1.04 bits per heavy atom. The Bertz CT molecular complexity index is 668. The van der Waals surface area contributed by atoms with Gasteiger partial charge in [0.1, 0.15) is 5.60 Å². The number of alkyl carbamates (subject to hydrolysis) is 1. The van der Waals surface area contributed by atoms with E-state index in [4.69, 9.17) is 4.74 Å².